The number of aromatic nitrogens is 2. The van der Waals surface area contributed by atoms with E-state index in [0.29, 0.717) is 6.54 Å². The van der Waals surface area contributed by atoms with E-state index < -0.39 is 10.0 Å². The van der Waals surface area contributed by atoms with E-state index in [1.54, 1.807) is 4.31 Å². The predicted octanol–water partition coefficient (Wildman–Crippen LogP) is 0.945. The third kappa shape index (κ3) is 2.16. The van der Waals surface area contributed by atoms with Gasteiger partial charge in [0.1, 0.15) is 10.7 Å². The first kappa shape index (κ1) is 12.4. The molecule has 1 aliphatic heterocycles. The van der Waals surface area contributed by atoms with Crippen LogP contribution in [-0.4, -0.2) is 35.5 Å². The highest BCUT2D eigenvalue weighted by Gasteiger charge is 2.34. The van der Waals surface area contributed by atoms with Crippen LogP contribution in [0.5, 0.6) is 0 Å². The minimum Gasteiger partial charge on any atom is -0.383 e. The van der Waals surface area contributed by atoms with Crippen molar-refractivity contribution in [3.05, 3.63) is 6.20 Å². The Bertz CT molecular complexity index is 482. The Morgan fingerprint density at radius 3 is 2.94 bits per heavy atom. The molecule has 1 aromatic heterocycles. The number of H-pyrrole nitrogens is 1. The summed E-state index contributed by atoms with van der Waals surface area (Å²) < 4.78 is 26.4. The van der Waals surface area contributed by atoms with Crippen LogP contribution in [0.1, 0.15) is 32.6 Å². The topological polar surface area (TPSA) is 92.1 Å². The molecule has 3 N–H and O–H groups in total. The van der Waals surface area contributed by atoms with Crippen molar-refractivity contribution in [1.82, 2.24) is 14.5 Å². The first-order chi connectivity index (χ1) is 8.07. The van der Waals surface area contributed by atoms with E-state index in [1.807, 2.05) is 6.92 Å². The van der Waals surface area contributed by atoms with Crippen LogP contribution >= 0.6 is 0 Å². The first-order valence-electron chi connectivity index (χ1n) is 5.88. The molecule has 17 heavy (non-hydrogen) atoms. The Balaban J connectivity index is 2.34. The summed E-state index contributed by atoms with van der Waals surface area (Å²) in [4.78, 5) is 0.0952. The monoisotopic (exact) mass is 258 g/mol. The fourth-order valence-electron chi connectivity index (χ4n) is 2.32. The van der Waals surface area contributed by atoms with E-state index in [4.69, 9.17) is 5.73 Å². The minimum absolute atomic E-state index is 0.0862. The number of nitrogens with two attached hydrogens (primary N) is 1. The zero-order chi connectivity index (χ0) is 12.5. The number of sulfonamides is 1. The molecule has 1 unspecified atom stereocenters. The highest BCUT2D eigenvalue weighted by atomic mass is 32.2. The molecule has 1 aromatic rings. The fourth-order valence-corrected chi connectivity index (χ4v) is 4.09. The number of nitrogens with zero attached hydrogens (tertiary/aromatic N) is 2. The molecule has 0 radical (unpaired) electrons. The van der Waals surface area contributed by atoms with Crippen LogP contribution in [0.3, 0.4) is 0 Å². The van der Waals surface area contributed by atoms with E-state index in [0.717, 1.165) is 25.7 Å². The van der Waals surface area contributed by atoms with Gasteiger partial charge < -0.3 is 5.73 Å². The van der Waals surface area contributed by atoms with Gasteiger partial charge in [-0.2, -0.15) is 9.40 Å². The molecule has 7 heteroatoms. The lowest BCUT2D eigenvalue weighted by Gasteiger charge is -2.33. The molecule has 0 aromatic carbocycles. The molecule has 0 amide bonds. The van der Waals surface area contributed by atoms with Crippen molar-refractivity contribution in [2.75, 3.05) is 12.3 Å². The van der Waals surface area contributed by atoms with Crippen LogP contribution in [0, 0.1) is 0 Å². The number of anilines is 1. The van der Waals surface area contributed by atoms with Gasteiger partial charge in [-0.05, 0) is 19.3 Å². The van der Waals surface area contributed by atoms with Crippen molar-refractivity contribution < 1.29 is 8.42 Å². The van der Waals surface area contributed by atoms with Crippen molar-refractivity contribution in [2.24, 2.45) is 0 Å². The normalized spacial score (nSPS) is 22.8. The largest absolute Gasteiger partial charge is 0.383 e. The summed E-state index contributed by atoms with van der Waals surface area (Å²) in [5.41, 5.74) is 5.60. The van der Waals surface area contributed by atoms with Gasteiger partial charge in [0.15, 0.2) is 0 Å². The quantitative estimate of drug-likeness (QED) is 0.844. The number of aromatic amines is 1. The number of nitrogens with one attached hydrogen (secondary N) is 1. The van der Waals surface area contributed by atoms with Gasteiger partial charge in [0.05, 0.1) is 6.20 Å². The van der Waals surface area contributed by atoms with Gasteiger partial charge in [0.2, 0.25) is 10.0 Å². The van der Waals surface area contributed by atoms with Crippen LogP contribution in [0.4, 0.5) is 5.82 Å². The maximum atomic E-state index is 12.4. The van der Waals surface area contributed by atoms with Gasteiger partial charge in [-0.3, -0.25) is 5.10 Å². The fraction of sp³-hybridized carbons (Fsp3) is 0.700. The predicted molar refractivity (Wildman–Crippen MR) is 64.8 cm³/mol. The van der Waals surface area contributed by atoms with E-state index in [9.17, 15) is 8.42 Å². The SMILES string of the molecule is CCC1CCCCN1S(=O)(=O)c1cn[nH]c1N. The summed E-state index contributed by atoms with van der Waals surface area (Å²) in [5, 5.41) is 6.15. The standard InChI is InChI=1S/C10H18N4O2S/c1-2-8-5-3-4-6-14(8)17(15,16)9-7-12-13-10(9)11/h7-8H,2-6H2,1H3,(H3,11,12,13). The zero-order valence-corrected chi connectivity index (χ0v) is 10.7. The van der Waals surface area contributed by atoms with Gasteiger partial charge in [0, 0.05) is 12.6 Å². The van der Waals surface area contributed by atoms with Crippen molar-refractivity contribution in [3.63, 3.8) is 0 Å². The van der Waals surface area contributed by atoms with Crippen molar-refractivity contribution >= 4 is 15.8 Å². The number of rotatable bonds is 3. The highest BCUT2D eigenvalue weighted by Crippen LogP contribution is 2.28. The van der Waals surface area contributed by atoms with Gasteiger partial charge in [-0.15, -0.1) is 0 Å². The highest BCUT2D eigenvalue weighted by molar-refractivity contribution is 7.89. The summed E-state index contributed by atoms with van der Waals surface area (Å²) in [6.07, 6.45) is 5.04. The van der Waals surface area contributed by atoms with E-state index in [-0.39, 0.29) is 16.8 Å². The molecule has 6 nitrogen and oxygen atoms in total. The molecule has 0 aliphatic carbocycles. The van der Waals surface area contributed by atoms with Crippen LogP contribution in [0.2, 0.25) is 0 Å². The first-order valence-corrected chi connectivity index (χ1v) is 7.32. The summed E-state index contributed by atoms with van der Waals surface area (Å²) in [6.45, 7) is 2.59. The van der Waals surface area contributed by atoms with E-state index in [1.165, 1.54) is 6.20 Å². The molecule has 1 saturated heterocycles. The number of hydrogen-bond donors (Lipinski definition) is 2. The average molecular weight is 258 g/mol. The second-order valence-electron chi connectivity index (χ2n) is 4.32. The minimum atomic E-state index is -3.50. The van der Waals surface area contributed by atoms with Crippen LogP contribution in [0.15, 0.2) is 11.1 Å². The van der Waals surface area contributed by atoms with Gasteiger partial charge in [-0.25, -0.2) is 8.42 Å². The molecule has 0 saturated carbocycles. The summed E-state index contributed by atoms with van der Waals surface area (Å²) in [7, 11) is -3.50. The summed E-state index contributed by atoms with van der Waals surface area (Å²) in [5.74, 6) is 0.116. The molecule has 1 atom stereocenters. The molecule has 0 bridgehead atoms. The zero-order valence-electron chi connectivity index (χ0n) is 9.89. The molecule has 96 valence electrons. The summed E-state index contributed by atoms with van der Waals surface area (Å²) in [6, 6.07) is 0.0862. The second-order valence-corrected chi connectivity index (χ2v) is 6.18. The second kappa shape index (κ2) is 4.66. The average Bonchev–Trinajstić information content (AvgIpc) is 2.76. The molecule has 2 heterocycles. The Kier molecular flexibility index (Phi) is 3.39. The molecule has 0 spiro atoms. The molecule has 1 aliphatic rings. The Morgan fingerprint density at radius 2 is 2.35 bits per heavy atom. The lowest BCUT2D eigenvalue weighted by atomic mass is 10.0. The lowest BCUT2D eigenvalue weighted by molar-refractivity contribution is 0.247. The molecule has 2 rings (SSSR count). The number of piperidine rings is 1. The van der Waals surface area contributed by atoms with Gasteiger partial charge >= 0.3 is 0 Å². The van der Waals surface area contributed by atoms with Crippen LogP contribution in [0.25, 0.3) is 0 Å². The smallest absolute Gasteiger partial charge is 0.248 e. The maximum absolute atomic E-state index is 12.4. The molecule has 1 fully saturated rings. The van der Waals surface area contributed by atoms with Crippen LogP contribution in [-0.2, 0) is 10.0 Å². The lowest BCUT2D eigenvalue weighted by Crippen LogP contribution is -2.43. The van der Waals surface area contributed by atoms with Gasteiger partial charge in [-0.1, -0.05) is 13.3 Å². The van der Waals surface area contributed by atoms with Crippen molar-refractivity contribution in [2.45, 2.75) is 43.5 Å². The Labute approximate surface area is 101 Å². The summed E-state index contributed by atoms with van der Waals surface area (Å²) >= 11 is 0. The number of hydrogen-bond acceptors (Lipinski definition) is 4. The van der Waals surface area contributed by atoms with Crippen molar-refractivity contribution in [3.8, 4) is 0 Å². The van der Waals surface area contributed by atoms with E-state index >= 15 is 0 Å². The molecular formula is C10H18N4O2S. The third-order valence-electron chi connectivity index (χ3n) is 3.26. The third-order valence-corrected chi connectivity index (χ3v) is 5.24. The van der Waals surface area contributed by atoms with Crippen molar-refractivity contribution in [1.29, 1.82) is 0 Å². The maximum Gasteiger partial charge on any atom is 0.248 e. The van der Waals surface area contributed by atoms with Gasteiger partial charge in [0.25, 0.3) is 0 Å². The number of nitrogen functional groups attached to an aromatic ring is 1. The molecular weight excluding hydrogens is 240 g/mol. The van der Waals surface area contributed by atoms with E-state index in [2.05, 4.69) is 10.2 Å². The Morgan fingerprint density at radius 1 is 1.59 bits per heavy atom. The van der Waals surface area contributed by atoms with Crippen LogP contribution < -0.4 is 5.73 Å². The Hall–Kier alpha value is -1.08.